The summed E-state index contributed by atoms with van der Waals surface area (Å²) < 4.78 is 24.6. The third kappa shape index (κ3) is 5.91. The van der Waals surface area contributed by atoms with E-state index >= 15 is 0 Å². The SMILES string of the molecule is CCOc1ccc(NC(=O)CNC(=O)CCc2ncc(-c3ccccc3F)o2)cc1. The van der Waals surface area contributed by atoms with Crippen LogP contribution in [0, 0.1) is 5.82 Å². The predicted molar refractivity (Wildman–Crippen MR) is 109 cm³/mol. The standard InChI is InChI=1S/C22H22FN3O4/c1-2-29-16-9-7-15(8-10-16)26-21(28)14-24-20(27)11-12-22-25-13-19(30-22)17-5-3-4-6-18(17)23/h3-10,13H,2,11-12,14H2,1H3,(H,24,27)(H,26,28). The number of hydrogen-bond donors (Lipinski definition) is 2. The lowest BCUT2D eigenvalue weighted by Gasteiger charge is -2.08. The molecule has 0 atom stereocenters. The Morgan fingerprint density at radius 1 is 1.10 bits per heavy atom. The summed E-state index contributed by atoms with van der Waals surface area (Å²) in [6.07, 6.45) is 1.75. The lowest BCUT2D eigenvalue weighted by atomic mass is 10.2. The second kappa shape index (κ2) is 10.2. The van der Waals surface area contributed by atoms with Gasteiger partial charge < -0.3 is 19.8 Å². The van der Waals surface area contributed by atoms with Gasteiger partial charge in [-0.3, -0.25) is 9.59 Å². The molecular weight excluding hydrogens is 389 g/mol. The van der Waals surface area contributed by atoms with Gasteiger partial charge in [-0.25, -0.2) is 9.37 Å². The van der Waals surface area contributed by atoms with Crippen molar-refractivity contribution in [1.29, 1.82) is 0 Å². The maximum atomic E-state index is 13.8. The number of hydrogen-bond acceptors (Lipinski definition) is 5. The van der Waals surface area contributed by atoms with Crippen LogP contribution in [0.3, 0.4) is 0 Å². The van der Waals surface area contributed by atoms with E-state index in [1.165, 1.54) is 12.3 Å². The molecule has 3 rings (SSSR count). The molecule has 0 aliphatic carbocycles. The van der Waals surface area contributed by atoms with Crippen LogP contribution in [0.1, 0.15) is 19.2 Å². The number of benzene rings is 2. The van der Waals surface area contributed by atoms with Crippen LogP contribution in [0.25, 0.3) is 11.3 Å². The van der Waals surface area contributed by atoms with Gasteiger partial charge in [-0.1, -0.05) is 12.1 Å². The average Bonchev–Trinajstić information content (AvgIpc) is 3.21. The highest BCUT2D eigenvalue weighted by molar-refractivity contribution is 5.94. The Kier molecular flexibility index (Phi) is 7.15. The maximum Gasteiger partial charge on any atom is 0.243 e. The summed E-state index contributed by atoms with van der Waals surface area (Å²) in [5.74, 6) is 0.276. The summed E-state index contributed by atoms with van der Waals surface area (Å²) in [6.45, 7) is 2.30. The monoisotopic (exact) mass is 411 g/mol. The van der Waals surface area contributed by atoms with E-state index in [0.29, 0.717) is 35.3 Å². The molecule has 2 aromatic carbocycles. The zero-order valence-electron chi connectivity index (χ0n) is 16.5. The number of carbonyl (C=O) groups is 2. The number of aromatic nitrogens is 1. The van der Waals surface area contributed by atoms with E-state index in [1.54, 1.807) is 42.5 Å². The Bertz CT molecular complexity index is 1000. The van der Waals surface area contributed by atoms with Crippen LogP contribution in [0.4, 0.5) is 10.1 Å². The number of rotatable bonds is 9. The van der Waals surface area contributed by atoms with Gasteiger partial charge in [-0.05, 0) is 43.3 Å². The molecule has 0 radical (unpaired) electrons. The first-order valence-corrected chi connectivity index (χ1v) is 9.54. The topological polar surface area (TPSA) is 93.5 Å². The van der Waals surface area contributed by atoms with Gasteiger partial charge in [0.2, 0.25) is 11.8 Å². The quantitative estimate of drug-likeness (QED) is 0.562. The fraction of sp³-hybridized carbons (Fsp3) is 0.227. The Morgan fingerprint density at radius 3 is 2.60 bits per heavy atom. The fourth-order valence-electron chi connectivity index (χ4n) is 2.71. The van der Waals surface area contributed by atoms with E-state index in [-0.39, 0.29) is 31.2 Å². The molecule has 2 N–H and O–H groups in total. The fourth-order valence-corrected chi connectivity index (χ4v) is 2.71. The number of carbonyl (C=O) groups excluding carboxylic acids is 2. The van der Waals surface area contributed by atoms with E-state index in [4.69, 9.17) is 9.15 Å². The molecule has 0 fully saturated rings. The molecule has 3 aromatic rings. The van der Waals surface area contributed by atoms with E-state index in [9.17, 15) is 14.0 Å². The minimum atomic E-state index is -0.406. The van der Waals surface area contributed by atoms with Crippen molar-refractivity contribution in [1.82, 2.24) is 10.3 Å². The van der Waals surface area contributed by atoms with E-state index < -0.39 is 5.82 Å². The first kappa shape index (κ1) is 21.0. The van der Waals surface area contributed by atoms with E-state index in [1.807, 2.05) is 6.92 Å². The molecular formula is C22H22FN3O4. The van der Waals surface area contributed by atoms with Gasteiger partial charge in [0.15, 0.2) is 11.7 Å². The van der Waals surface area contributed by atoms with Crippen molar-refractivity contribution in [3.8, 4) is 17.1 Å². The molecule has 0 aliphatic heterocycles. The molecule has 30 heavy (non-hydrogen) atoms. The number of ether oxygens (including phenoxy) is 1. The first-order valence-electron chi connectivity index (χ1n) is 9.54. The summed E-state index contributed by atoms with van der Waals surface area (Å²) >= 11 is 0. The molecule has 8 heteroatoms. The second-order valence-electron chi connectivity index (χ2n) is 6.38. The van der Waals surface area contributed by atoms with Crippen LogP contribution in [-0.4, -0.2) is 29.9 Å². The Labute approximate surface area is 173 Å². The molecule has 1 aromatic heterocycles. The number of anilines is 1. The molecule has 0 saturated carbocycles. The summed E-state index contributed by atoms with van der Waals surface area (Å²) in [4.78, 5) is 28.0. The molecule has 7 nitrogen and oxygen atoms in total. The number of aryl methyl sites for hydroxylation is 1. The van der Waals surface area contributed by atoms with Crippen LogP contribution < -0.4 is 15.4 Å². The number of nitrogens with zero attached hydrogens (tertiary/aromatic N) is 1. The lowest BCUT2D eigenvalue weighted by Crippen LogP contribution is -2.32. The van der Waals surface area contributed by atoms with Crippen LogP contribution in [0.5, 0.6) is 5.75 Å². The molecule has 156 valence electrons. The third-order valence-electron chi connectivity index (χ3n) is 4.15. The summed E-state index contributed by atoms with van der Waals surface area (Å²) in [5, 5.41) is 5.24. The first-order chi connectivity index (χ1) is 14.5. The Balaban J connectivity index is 1.42. The summed E-state index contributed by atoms with van der Waals surface area (Å²) in [5.41, 5.74) is 0.921. The van der Waals surface area contributed by atoms with Gasteiger partial charge in [0.25, 0.3) is 0 Å². The van der Waals surface area contributed by atoms with Crippen molar-refractivity contribution in [2.45, 2.75) is 19.8 Å². The van der Waals surface area contributed by atoms with Crippen molar-refractivity contribution in [2.75, 3.05) is 18.5 Å². The second-order valence-corrected chi connectivity index (χ2v) is 6.38. The van der Waals surface area contributed by atoms with Crippen molar-refractivity contribution in [2.24, 2.45) is 0 Å². The van der Waals surface area contributed by atoms with E-state index in [0.717, 1.165) is 0 Å². The van der Waals surface area contributed by atoms with Gasteiger partial charge in [0, 0.05) is 18.5 Å². The highest BCUT2D eigenvalue weighted by atomic mass is 19.1. The highest BCUT2D eigenvalue weighted by Gasteiger charge is 2.12. The largest absolute Gasteiger partial charge is 0.494 e. The molecule has 0 aliphatic rings. The van der Waals surface area contributed by atoms with Crippen LogP contribution >= 0.6 is 0 Å². The van der Waals surface area contributed by atoms with E-state index in [2.05, 4.69) is 15.6 Å². The molecule has 1 heterocycles. The van der Waals surface area contributed by atoms with Crippen molar-refractivity contribution in [3.05, 3.63) is 66.4 Å². The minimum Gasteiger partial charge on any atom is -0.494 e. The van der Waals surface area contributed by atoms with Gasteiger partial charge >= 0.3 is 0 Å². The van der Waals surface area contributed by atoms with Crippen molar-refractivity contribution in [3.63, 3.8) is 0 Å². The summed E-state index contributed by atoms with van der Waals surface area (Å²) in [6, 6.07) is 13.2. The van der Waals surface area contributed by atoms with Crippen molar-refractivity contribution < 1.29 is 23.1 Å². The zero-order valence-corrected chi connectivity index (χ0v) is 16.5. The molecule has 2 amide bonds. The van der Waals surface area contributed by atoms with Gasteiger partial charge in [-0.2, -0.15) is 0 Å². The third-order valence-corrected chi connectivity index (χ3v) is 4.15. The molecule has 0 bridgehead atoms. The van der Waals surface area contributed by atoms with Gasteiger partial charge in [0.05, 0.1) is 24.9 Å². The number of amides is 2. The average molecular weight is 411 g/mol. The van der Waals surface area contributed by atoms with Gasteiger partial charge in [0.1, 0.15) is 11.6 Å². The Hall–Kier alpha value is -3.68. The Morgan fingerprint density at radius 2 is 1.87 bits per heavy atom. The molecule has 0 saturated heterocycles. The molecule has 0 unspecified atom stereocenters. The minimum absolute atomic E-state index is 0.0908. The zero-order chi connectivity index (χ0) is 21.3. The lowest BCUT2D eigenvalue weighted by molar-refractivity contribution is -0.124. The highest BCUT2D eigenvalue weighted by Crippen LogP contribution is 2.23. The number of halogens is 1. The van der Waals surface area contributed by atoms with Crippen LogP contribution in [-0.2, 0) is 16.0 Å². The van der Waals surface area contributed by atoms with Gasteiger partial charge in [-0.15, -0.1) is 0 Å². The molecule has 0 spiro atoms. The maximum absolute atomic E-state index is 13.8. The summed E-state index contributed by atoms with van der Waals surface area (Å²) in [7, 11) is 0. The predicted octanol–water partition coefficient (Wildman–Crippen LogP) is 3.57. The number of nitrogens with one attached hydrogen (secondary N) is 2. The van der Waals surface area contributed by atoms with Crippen LogP contribution in [0.15, 0.2) is 59.1 Å². The normalized spacial score (nSPS) is 10.5. The van der Waals surface area contributed by atoms with Crippen LogP contribution in [0.2, 0.25) is 0 Å². The smallest absolute Gasteiger partial charge is 0.243 e. The van der Waals surface area contributed by atoms with Crippen molar-refractivity contribution >= 4 is 17.5 Å². The number of oxazole rings is 1.